The van der Waals surface area contributed by atoms with Gasteiger partial charge in [-0.15, -0.1) is 0 Å². The van der Waals surface area contributed by atoms with E-state index in [9.17, 15) is 8.78 Å². The number of rotatable bonds is 4. The van der Waals surface area contributed by atoms with Crippen LogP contribution in [-0.4, -0.2) is 7.11 Å². The summed E-state index contributed by atoms with van der Waals surface area (Å²) in [5.74, 6) is -0.919. The molecule has 0 bridgehead atoms. The third-order valence-corrected chi connectivity index (χ3v) is 3.23. The van der Waals surface area contributed by atoms with Crippen LogP contribution in [0.1, 0.15) is 5.56 Å². The van der Waals surface area contributed by atoms with Crippen molar-refractivity contribution in [2.45, 2.75) is 6.61 Å². The summed E-state index contributed by atoms with van der Waals surface area (Å²) in [4.78, 5) is 0. The van der Waals surface area contributed by atoms with Gasteiger partial charge in [0.2, 0.25) is 0 Å². The van der Waals surface area contributed by atoms with Crippen LogP contribution in [0.2, 0.25) is 0 Å². The molecule has 0 fully saturated rings. The highest BCUT2D eigenvalue weighted by molar-refractivity contribution is 9.10. The first-order valence-electron chi connectivity index (χ1n) is 5.71. The Morgan fingerprint density at radius 3 is 2.55 bits per heavy atom. The molecule has 0 aliphatic rings. The Morgan fingerprint density at radius 1 is 1.20 bits per heavy atom. The van der Waals surface area contributed by atoms with Crippen LogP contribution >= 0.6 is 15.9 Å². The maximum atomic E-state index is 13.6. The Hall–Kier alpha value is -1.82. The van der Waals surface area contributed by atoms with Crippen LogP contribution in [0.5, 0.6) is 11.5 Å². The van der Waals surface area contributed by atoms with Crippen LogP contribution in [-0.2, 0) is 6.61 Å². The SMILES string of the molecule is COc1ccc(COc2c(F)cc(F)cc2Br)cc1N. The molecular formula is C14H12BrF2NO2. The molecule has 0 radical (unpaired) electrons. The van der Waals surface area contributed by atoms with Crippen molar-refractivity contribution in [3.63, 3.8) is 0 Å². The summed E-state index contributed by atoms with van der Waals surface area (Å²) in [5, 5.41) is 0. The van der Waals surface area contributed by atoms with E-state index in [2.05, 4.69) is 15.9 Å². The molecule has 3 nitrogen and oxygen atoms in total. The molecule has 20 heavy (non-hydrogen) atoms. The van der Waals surface area contributed by atoms with Gasteiger partial charge in [-0.05, 0) is 39.7 Å². The maximum absolute atomic E-state index is 13.6. The van der Waals surface area contributed by atoms with E-state index in [0.29, 0.717) is 11.4 Å². The molecule has 0 unspecified atom stereocenters. The van der Waals surface area contributed by atoms with E-state index >= 15 is 0 Å². The van der Waals surface area contributed by atoms with Gasteiger partial charge in [0.1, 0.15) is 18.2 Å². The number of methoxy groups -OCH3 is 1. The second kappa shape index (κ2) is 6.09. The fraction of sp³-hybridized carbons (Fsp3) is 0.143. The summed E-state index contributed by atoms with van der Waals surface area (Å²) in [7, 11) is 1.52. The Morgan fingerprint density at radius 2 is 1.95 bits per heavy atom. The predicted molar refractivity (Wildman–Crippen MR) is 75.8 cm³/mol. The molecule has 0 atom stereocenters. The number of anilines is 1. The molecule has 6 heteroatoms. The van der Waals surface area contributed by atoms with Crippen LogP contribution in [0.25, 0.3) is 0 Å². The predicted octanol–water partition coefficient (Wildman–Crippen LogP) is 3.90. The third kappa shape index (κ3) is 3.19. The number of benzene rings is 2. The van der Waals surface area contributed by atoms with Crippen LogP contribution < -0.4 is 15.2 Å². The summed E-state index contributed by atoms with van der Waals surface area (Å²) in [5.41, 5.74) is 6.98. The Kier molecular flexibility index (Phi) is 4.44. The van der Waals surface area contributed by atoms with E-state index in [1.165, 1.54) is 7.11 Å². The van der Waals surface area contributed by atoms with Crippen molar-refractivity contribution in [1.29, 1.82) is 0 Å². The average molecular weight is 344 g/mol. The minimum Gasteiger partial charge on any atom is -0.495 e. The van der Waals surface area contributed by atoms with Gasteiger partial charge in [0.15, 0.2) is 11.6 Å². The maximum Gasteiger partial charge on any atom is 0.169 e. The number of hydrogen-bond donors (Lipinski definition) is 1. The van der Waals surface area contributed by atoms with Crippen LogP contribution in [0.15, 0.2) is 34.8 Å². The van der Waals surface area contributed by atoms with Crippen molar-refractivity contribution in [1.82, 2.24) is 0 Å². The summed E-state index contributed by atoms with van der Waals surface area (Å²) >= 11 is 3.06. The lowest BCUT2D eigenvalue weighted by atomic mass is 10.2. The first-order valence-corrected chi connectivity index (χ1v) is 6.50. The van der Waals surface area contributed by atoms with Crippen molar-refractivity contribution >= 4 is 21.6 Å². The Labute approximate surface area is 123 Å². The minimum atomic E-state index is -0.765. The van der Waals surface area contributed by atoms with E-state index < -0.39 is 11.6 Å². The van der Waals surface area contributed by atoms with Crippen LogP contribution in [0.4, 0.5) is 14.5 Å². The Bertz CT molecular complexity index is 612. The molecule has 2 aromatic rings. The molecule has 0 saturated heterocycles. The van der Waals surface area contributed by atoms with Crippen molar-refractivity contribution in [2.24, 2.45) is 0 Å². The van der Waals surface area contributed by atoms with Gasteiger partial charge in [-0.2, -0.15) is 0 Å². The molecule has 0 aliphatic carbocycles. The molecule has 0 aliphatic heterocycles. The topological polar surface area (TPSA) is 44.5 Å². The van der Waals surface area contributed by atoms with Crippen LogP contribution in [0.3, 0.4) is 0 Å². The van der Waals surface area contributed by atoms with Gasteiger partial charge in [-0.25, -0.2) is 8.78 Å². The lowest BCUT2D eigenvalue weighted by Crippen LogP contribution is -2.01. The highest BCUT2D eigenvalue weighted by atomic mass is 79.9. The fourth-order valence-electron chi connectivity index (χ4n) is 1.70. The molecule has 0 saturated carbocycles. The average Bonchev–Trinajstić information content (AvgIpc) is 2.37. The number of nitrogen functional groups attached to an aromatic ring is 1. The lowest BCUT2D eigenvalue weighted by molar-refractivity contribution is 0.287. The highest BCUT2D eigenvalue weighted by Gasteiger charge is 2.11. The van der Waals surface area contributed by atoms with E-state index in [-0.39, 0.29) is 16.8 Å². The van der Waals surface area contributed by atoms with Crippen molar-refractivity contribution < 1.29 is 18.3 Å². The van der Waals surface area contributed by atoms with E-state index in [4.69, 9.17) is 15.2 Å². The molecular weight excluding hydrogens is 332 g/mol. The summed E-state index contributed by atoms with van der Waals surface area (Å²) < 4.78 is 37.1. The fourth-order valence-corrected chi connectivity index (χ4v) is 2.22. The number of ether oxygens (including phenoxy) is 2. The number of halogens is 3. The summed E-state index contributed by atoms with van der Waals surface area (Å²) in [6.45, 7) is 0.106. The van der Waals surface area contributed by atoms with Crippen molar-refractivity contribution in [3.05, 3.63) is 52.0 Å². The molecule has 0 aromatic heterocycles. The van der Waals surface area contributed by atoms with Crippen molar-refractivity contribution in [3.8, 4) is 11.5 Å². The largest absolute Gasteiger partial charge is 0.495 e. The third-order valence-electron chi connectivity index (χ3n) is 2.64. The van der Waals surface area contributed by atoms with Gasteiger partial charge in [0, 0.05) is 6.07 Å². The van der Waals surface area contributed by atoms with E-state index in [0.717, 1.165) is 17.7 Å². The van der Waals surface area contributed by atoms with Gasteiger partial charge in [0.25, 0.3) is 0 Å². The van der Waals surface area contributed by atoms with Gasteiger partial charge in [-0.1, -0.05) is 6.07 Å². The van der Waals surface area contributed by atoms with Gasteiger partial charge < -0.3 is 15.2 Å². The normalized spacial score (nSPS) is 10.4. The van der Waals surface area contributed by atoms with Gasteiger partial charge in [0.05, 0.1) is 17.3 Å². The number of hydrogen-bond acceptors (Lipinski definition) is 3. The zero-order valence-electron chi connectivity index (χ0n) is 10.6. The standard InChI is InChI=1S/C14H12BrF2NO2/c1-19-13-3-2-8(4-12(13)18)7-20-14-10(15)5-9(16)6-11(14)17/h2-6H,7,18H2,1H3. The Balaban J connectivity index is 2.15. The molecule has 0 heterocycles. The molecule has 2 rings (SSSR count). The molecule has 2 N–H and O–H groups in total. The van der Waals surface area contributed by atoms with Gasteiger partial charge in [-0.3, -0.25) is 0 Å². The lowest BCUT2D eigenvalue weighted by Gasteiger charge is -2.11. The highest BCUT2D eigenvalue weighted by Crippen LogP contribution is 2.30. The second-order valence-corrected chi connectivity index (χ2v) is 4.92. The number of nitrogens with two attached hydrogens (primary N) is 1. The first kappa shape index (κ1) is 14.6. The summed E-state index contributed by atoms with van der Waals surface area (Å²) in [6.07, 6.45) is 0. The second-order valence-electron chi connectivity index (χ2n) is 4.06. The zero-order valence-corrected chi connectivity index (χ0v) is 12.2. The smallest absolute Gasteiger partial charge is 0.169 e. The summed E-state index contributed by atoms with van der Waals surface area (Å²) in [6, 6.07) is 7.03. The van der Waals surface area contributed by atoms with Crippen LogP contribution in [0, 0.1) is 11.6 Å². The van der Waals surface area contributed by atoms with Crippen molar-refractivity contribution in [2.75, 3.05) is 12.8 Å². The quantitative estimate of drug-likeness (QED) is 0.856. The molecule has 0 amide bonds. The monoisotopic (exact) mass is 343 g/mol. The molecule has 0 spiro atoms. The molecule has 2 aromatic carbocycles. The zero-order chi connectivity index (χ0) is 14.7. The van der Waals surface area contributed by atoms with E-state index in [1.54, 1.807) is 18.2 Å². The minimum absolute atomic E-state index is 0.0409. The first-order chi connectivity index (χ1) is 9.51. The van der Waals surface area contributed by atoms with E-state index in [1.807, 2.05) is 0 Å². The van der Waals surface area contributed by atoms with Gasteiger partial charge >= 0.3 is 0 Å². The molecule has 106 valence electrons.